The third kappa shape index (κ3) is 6.07. The van der Waals surface area contributed by atoms with Gasteiger partial charge < -0.3 is 5.73 Å². The lowest BCUT2D eigenvalue weighted by Gasteiger charge is -2.08. The summed E-state index contributed by atoms with van der Waals surface area (Å²) in [6.07, 6.45) is 5.28. The molecular formula is C8H17N3O2. The monoisotopic (exact) mass is 187 g/mol. The van der Waals surface area contributed by atoms with Gasteiger partial charge in [-0.05, 0) is 6.42 Å². The second-order valence-corrected chi connectivity index (χ2v) is 2.96. The molecule has 0 spiro atoms. The highest BCUT2D eigenvalue weighted by atomic mass is 16.3. The van der Waals surface area contributed by atoms with Gasteiger partial charge in [-0.2, -0.15) is 5.01 Å². The first-order valence-corrected chi connectivity index (χ1v) is 4.62. The molecule has 2 N–H and O–H groups in total. The summed E-state index contributed by atoms with van der Waals surface area (Å²) in [6.45, 7) is 2.46. The van der Waals surface area contributed by atoms with E-state index < -0.39 is 6.03 Å². The van der Waals surface area contributed by atoms with Gasteiger partial charge in [-0.1, -0.05) is 32.6 Å². The maximum atomic E-state index is 10.5. The first-order valence-electron chi connectivity index (χ1n) is 4.62. The van der Waals surface area contributed by atoms with E-state index in [0.717, 1.165) is 24.3 Å². The van der Waals surface area contributed by atoms with Crippen LogP contribution in [0.4, 0.5) is 4.79 Å². The highest BCUT2D eigenvalue weighted by molar-refractivity contribution is 5.71. The largest absolute Gasteiger partial charge is 0.350 e. The molecule has 0 saturated carbocycles. The molecular weight excluding hydrogens is 170 g/mol. The standard InChI is InChI=1S/C8H17N3O2/c1-2-3-4-5-6-7-11(10-13)8(9)12/h2-7H2,1H3,(H2,9,12). The molecule has 0 bridgehead atoms. The van der Waals surface area contributed by atoms with E-state index in [2.05, 4.69) is 12.2 Å². The van der Waals surface area contributed by atoms with Crippen molar-refractivity contribution in [2.75, 3.05) is 6.54 Å². The second kappa shape index (κ2) is 7.52. The van der Waals surface area contributed by atoms with E-state index in [-0.39, 0.29) is 0 Å². The third-order valence-corrected chi connectivity index (χ3v) is 1.83. The van der Waals surface area contributed by atoms with Crippen molar-refractivity contribution in [1.29, 1.82) is 0 Å². The molecule has 13 heavy (non-hydrogen) atoms. The van der Waals surface area contributed by atoms with E-state index in [1.54, 1.807) is 0 Å². The lowest BCUT2D eigenvalue weighted by atomic mass is 10.1. The quantitative estimate of drug-likeness (QED) is 0.376. The van der Waals surface area contributed by atoms with Gasteiger partial charge in [0, 0.05) is 6.54 Å². The molecule has 0 aromatic rings. The van der Waals surface area contributed by atoms with Gasteiger partial charge in [0.05, 0.1) is 5.29 Å². The van der Waals surface area contributed by atoms with Crippen LogP contribution in [-0.4, -0.2) is 17.6 Å². The van der Waals surface area contributed by atoms with E-state index in [9.17, 15) is 9.70 Å². The number of nitrogens with two attached hydrogens (primary N) is 1. The van der Waals surface area contributed by atoms with Crippen molar-refractivity contribution < 1.29 is 4.79 Å². The number of rotatable bonds is 7. The predicted molar refractivity (Wildman–Crippen MR) is 50.8 cm³/mol. The molecule has 0 unspecified atom stereocenters. The number of carbonyl (C=O) groups excluding carboxylic acids is 1. The number of amides is 2. The fourth-order valence-electron chi connectivity index (χ4n) is 1.06. The zero-order chi connectivity index (χ0) is 10.1. The number of unbranched alkanes of at least 4 members (excludes halogenated alkanes) is 4. The Hall–Kier alpha value is -1.13. The van der Waals surface area contributed by atoms with Crippen LogP contribution in [0.1, 0.15) is 39.0 Å². The summed E-state index contributed by atoms with van der Waals surface area (Å²) in [7, 11) is 0. The van der Waals surface area contributed by atoms with Crippen molar-refractivity contribution in [3.63, 3.8) is 0 Å². The van der Waals surface area contributed by atoms with Gasteiger partial charge in [0.25, 0.3) is 0 Å². The van der Waals surface area contributed by atoms with Crippen LogP contribution in [0.25, 0.3) is 0 Å². The number of carbonyl (C=O) groups is 1. The van der Waals surface area contributed by atoms with Crippen LogP contribution in [0.5, 0.6) is 0 Å². The van der Waals surface area contributed by atoms with Gasteiger partial charge in [0.1, 0.15) is 0 Å². The summed E-state index contributed by atoms with van der Waals surface area (Å²) in [5.74, 6) is 0. The number of primary amides is 1. The van der Waals surface area contributed by atoms with Crippen molar-refractivity contribution in [3.8, 4) is 0 Å². The molecule has 76 valence electrons. The Morgan fingerprint density at radius 3 is 2.38 bits per heavy atom. The fraction of sp³-hybridized carbons (Fsp3) is 0.875. The molecule has 0 fully saturated rings. The van der Waals surface area contributed by atoms with E-state index in [1.807, 2.05) is 0 Å². The molecule has 0 saturated heterocycles. The third-order valence-electron chi connectivity index (χ3n) is 1.83. The van der Waals surface area contributed by atoms with Gasteiger partial charge in [0.15, 0.2) is 0 Å². The Morgan fingerprint density at radius 1 is 1.31 bits per heavy atom. The lowest BCUT2D eigenvalue weighted by molar-refractivity contribution is 0.208. The van der Waals surface area contributed by atoms with Crippen molar-refractivity contribution >= 4 is 6.03 Å². The molecule has 0 aliphatic rings. The SMILES string of the molecule is CCCCCCCN(N=O)C(N)=O. The van der Waals surface area contributed by atoms with Crippen LogP contribution < -0.4 is 5.73 Å². The topological polar surface area (TPSA) is 75.8 Å². The minimum Gasteiger partial charge on any atom is -0.350 e. The molecule has 5 nitrogen and oxygen atoms in total. The normalized spacial score (nSPS) is 9.62. The van der Waals surface area contributed by atoms with Gasteiger partial charge in [-0.15, -0.1) is 4.91 Å². The predicted octanol–water partition coefficient (Wildman–Crippen LogP) is 2.02. The van der Waals surface area contributed by atoms with Gasteiger partial charge in [-0.25, -0.2) is 4.79 Å². The summed E-state index contributed by atoms with van der Waals surface area (Å²) < 4.78 is 0. The number of hydrogen-bond donors (Lipinski definition) is 1. The van der Waals surface area contributed by atoms with Gasteiger partial charge in [-0.3, -0.25) is 0 Å². The Morgan fingerprint density at radius 2 is 1.92 bits per heavy atom. The molecule has 2 amide bonds. The smallest absolute Gasteiger partial charge is 0.337 e. The van der Waals surface area contributed by atoms with E-state index in [0.29, 0.717) is 6.54 Å². The molecule has 0 heterocycles. The second-order valence-electron chi connectivity index (χ2n) is 2.96. The summed E-state index contributed by atoms with van der Waals surface area (Å²) in [5, 5.41) is 3.27. The molecule has 0 aromatic heterocycles. The Kier molecular flexibility index (Phi) is 6.86. The van der Waals surface area contributed by atoms with Crippen LogP contribution in [0, 0.1) is 4.91 Å². The average molecular weight is 187 g/mol. The van der Waals surface area contributed by atoms with Crippen molar-refractivity contribution in [1.82, 2.24) is 5.01 Å². The van der Waals surface area contributed by atoms with E-state index in [4.69, 9.17) is 5.73 Å². The first-order chi connectivity index (χ1) is 6.22. The maximum absolute atomic E-state index is 10.5. The highest BCUT2D eigenvalue weighted by Crippen LogP contribution is 2.03. The van der Waals surface area contributed by atoms with Crippen molar-refractivity contribution in [3.05, 3.63) is 4.91 Å². The molecule has 0 aliphatic carbocycles. The zero-order valence-corrected chi connectivity index (χ0v) is 8.03. The van der Waals surface area contributed by atoms with Crippen LogP contribution in [0.2, 0.25) is 0 Å². The Labute approximate surface area is 78.2 Å². The zero-order valence-electron chi connectivity index (χ0n) is 8.03. The minimum atomic E-state index is -0.773. The summed E-state index contributed by atoms with van der Waals surface area (Å²) in [5.41, 5.74) is 4.88. The number of nitrogens with zero attached hydrogens (tertiary/aromatic N) is 2. The van der Waals surface area contributed by atoms with Gasteiger partial charge in [0.2, 0.25) is 0 Å². The lowest BCUT2D eigenvalue weighted by Crippen LogP contribution is -2.31. The Balaban J connectivity index is 3.39. The molecule has 0 radical (unpaired) electrons. The van der Waals surface area contributed by atoms with Crippen molar-refractivity contribution in [2.24, 2.45) is 11.0 Å². The Bertz CT molecular complexity index is 161. The van der Waals surface area contributed by atoms with E-state index >= 15 is 0 Å². The molecule has 0 aliphatic heterocycles. The number of urea groups is 1. The molecule has 5 heteroatoms. The van der Waals surface area contributed by atoms with E-state index in [1.165, 1.54) is 12.8 Å². The van der Waals surface area contributed by atoms with Crippen LogP contribution in [0.3, 0.4) is 0 Å². The highest BCUT2D eigenvalue weighted by Gasteiger charge is 2.07. The van der Waals surface area contributed by atoms with Crippen LogP contribution in [0.15, 0.2) is 5.29 Å². The average Bonchev–Trinajstić information content (AvgIpc) is 2.10. The minimum absolute atomic E-state index is 0.336. The molecule has 0 rings (SSSR count). The van der Waals surface area contributed by atoms with Crippen LogP contribution in [-0.2, 0) is 0 Å². The van der Waals surface area contributed by atoms with Crippen molar-refractivity contribution in [2.45, 2.75) is 39.0 Å². The molecule has 0 atom stereocenters. The molecule has 0 aromatic carbocycles. The fourth-order valence-corrected chi connectivity index (χ4v) is 1.06. The number of hydrogen-bond acceptors (Lipinski definition) is 3. The van der Waals surface area contributed by atoms with Gasteiger partial charge >= 0.3 is 6.03 Å². The van der Waals surface area contributed by atoms with Crippen LogP contribution >= 0.6 is 0 Å². The first kappa shape index (κ1) is 11.9. The summed E-state index contributed by atoms with van der Waals surface area (Å²) in [4.78, 5) is 20.5. The summed E-state index contributed by atoms with van der Waals surface area (Å²) >= 11 is 0. The summed E-state index contributed by atoms with van der Waals surface area (Å²) in [6, 6.07) is -0.773. The maximum Gasteiger partial charge on any atom is 0.337 e. The number of nitroso groups, excluding NO2 is 1.